The minimum Gasteiger partial charge on any atom is -0.504 e. The Morgan fingerprint density at radius 3 is 2.85 bits per heavy atom. The standard InChI is InChI=1S/C21H21N3O3/c1-12-5-4-6-17(13(12)2)24-21-16(11-22-24)15(10-20(26)23-21)14-7-8-18(25)19(9-14)27-3/h4-9,11,15,25H,10H2,1-3H3,(H,23,26). The number of ether oxygens (including phenoxy) is 1. The fourth-order valence-corrected chi connectivity index (χ4v) is 3.58. The largest absolute Gasteiger partial charge is 0.504 e. The smallest absolute Gasteiger partial charge is 0.226 e. The number of amides is 1. The van der Waals surface area contributed by atoms with E-state index >= 15 is 0 Å². The lowest BCUT2D eigenvalue weighted by Gasteiger charge is -2.24. The molecule has 2 aromatic carbocycles. The fraction of sp³-hybridized carbons (Fsp3) is 0.238. The van der Waals surface area contributed by atoms with Crippen LogP contribution >= 0.6 is 0 Å². The number of hydrogen-bond donors (Lipinski definition) is 2. The molecule has 138 valence electrons. The number of nitrogens with one attached hydrogen (secondary N) is 1. The molecular weight excluding hydrogens is 342 g/mol. The zero-order chi connectivity index (χ0) is 19.1. The second-order valence-electron chi connectivity index (χ2n) is 6.82. The molecule has 1 atom stereocenters. The lowest BCUT2D eigenvalue weighted by molar-refractivity contribution is -0.116. The van der Waals surface area contributed by atoms with Gasteiger partial charge in [-0.05, 0) is 48.7 Å². The third kappa shape index (κ3) is 2.83. The first-order chi connectivity index (χ1) is 13.0. The van der Waals surface area contributed by atoms with E-state index in [4.69, 9.17) is 4.74 Å². The second kappa shape index (κ2) is 6.46. The molecule has 0 bridgehead atoms. The first-order valence-corrected chi connectivity index (χ1v) is 8.81. The van der Waals surface area contributed by atoms with Crippen LogP contribution in [0.2, 0.25) is 0 Å². The van der Waals surface area contributed by atoms with Crippen molar-refractivity contribution < 1.29 is 14.6 Å². The van der Waals surface area contributed by atoms with Gasteiger partial charge in [0.05, 0.1) is 19.0 Å². The van der Waals surface area contributed by atoms with Gasteiger partial charge in [0.2, 0.25) is 5.91 Å². The molecule has 3 aromatic rings. The summed E-state index contributed by atoms with van der Waals surface area (Å²) in [4.78, 5) is 12.4. The molecule has 6 nitrogen and oxygen atoms in total. The highest BCUT2D eigenvalue weighted by molar-refractivity contribution is 5.94. The maximum atomic E-state index is 12.4. The van der Waals surface area contributed by atoms with Gasteiger partial charge in [0.1, 0.15) is 5.82 Å². The van der Waals surface area contributed by atoms with Crippen molar-refractivity contribution in [3.63, 3.8) is 0 Å². The molecule has 1 aliphatic heterocycles. The maximum Gasteiger partial charge on any atom is 0.226 e. The molecule has 0 saturated heterocycles. The summed E-state index contributed by atoms with van der Waals surface area (Å²) in [6.45, 7) is 4.10. The van der Waals surface area contributed by atoms with E-state index in [0.29, 0.717) is 18.0 Å². The summed E-state index contributed by atoms with van der Waals surface area (Å²) in [6, 6.07) is 11.2. The number of aromatic hydroxyl groups is 1. The molecule has 6 heteroatoms. The van der Waals surface area contributed by atoms with Crippen LogP contribution in [0.25, 0.3) is 5.69 Å². The van der Waals surface area contributed by atoms with Crippen LogP contribution in [0.1, 0.15) is 34.6 Å². The van der Waals surface area contributed by atoms with Gasteiger partial charge < -0.3 is 15.2 Å². The Morgan fingerprint density at radius 1 is 1.26 bits per heavy atom. The Balaban J connectivity index is 1.84. The molecule has 1 unspecified atom stereocenters. The molecule has 4 rings (SSSR count). The average molecular weight is 363 g/mol. The number of anilines is 1. The predicted octanol–water partition coefficient (Wildman–Crippen LogP) is 3.68. The Bertz CT molecular complexity index is 1040. The molecule has 0 radical (unpaired) electrons. The van der Waals surface area contributed by atoms with Crippen LogP contribution in [0.5, 0.6) is 11.5 Å². The summed E-state index contributed by atoms with van der Waals surface area (Å²) in [6.07, 6.45) is 2.12. The van der Waals surface area contributed by atoms with Crippen molar-refractivity contribution in [1.29, 1.82) is 0 Å². The number of methoxy groups -OCH3 is 1. The fourth-order valence-electron chi connectivity index (χ4n) is 3.58. The van der Waals surface area contributed by atoms with Crippen molar-refractivity contribution in [1.82, 2.24) is 9.78 Å². The molecule has 1 aromatic heterocycles. The van der Waals surface area contributed by atoms with Gasteiger partial charge in [-0.2, -0.15) is 5.10 Å². The number of benzene rings is 2. The summed E-state index contributed by atoms with van der Waals surface area (Å²) < 4.78 is 7.01. The molecule has 2 N–H and O–H groups in total. The van der Waals surface area contributed by atoms with Gasteiger partial charge in [-0.15, -0.1) is 0 Å². The van der Waals surface area contributed by atoms with E-state index in [1.165, 1.54) is 12.7 Å². The Hall–Kier alpha value is -3.28. The molecule has 0 fully saturated rings. The number of carbonyl (C=O) groups excluding carboxylic acids is 1. The van der Waals surface area contributed by atoms with E-state index in [-0.39, 0.29) is 17.6 Å². The highest BCUT2D eigenvalue weighted by Gasteiger charge is 2.31. The molecule has 0 aliphatic carbocycles. The van der Waals surface area contributed by atoms with Gasteiger partial charge in [0, 0.05) is 17.9 Å². The topological polar surface area (TPSA) is 76.4 Å². The molecule has 0 saturated carbocycles. The van der Waals surface area contributed by atoms with Gasteiger partial charge in [0.15, 0.2) is 11.5 Å². The molecule has 27 heavy (non-hydrogen) atoms. The minimum absolute atomic E-state index is 0.0633. The van der Waals surface area contributed by atoms with Crippen LogP contribution in [0.4, 0.5) is 5.82 Å². The molecule has 1 aliphatic rings. The van der Waals surface area contributed by atoms with E-state index in [9.17, 15) is 9.90 Å². The first kappa shape index (κ1) is 17.1. The quantitative estimate of drug-likeness (QED) is 0.744. The van der Waals surface area contributed by atoms with Crippen LogP contribution in [-0.4, -0.2) is 27.9 Å². The van der Waals surface area contributed by atoms with E-state index in [1.807, 2.05) is 25.1 Å². The highest BCUT2D eigenvalue weighted by atomic mass is 16.5. The summed E-state index contributed by atoms with van der Waals surface area (Å²) in [5.41, 5.74) is 5.08. The summed E-state index contributed by atoms with van der Waals surface area (Å²) >= 11 is 0. The monoisotopic (exact) mass is 363 g/mol. The normalized spacial score (nSPS) is 16.0. The van der Waals surface area contributed by atoms with Gasteiger partial charge in [0.25, 0.3) is 0 Å². The molecule has 0 spiro atoms. The van der Waals surface area contributed by atoms with Crippen LogP contribution in [0, 0.1) is 13.8 Å². The minimum atomic E-state index is -0.151. The highest BCUT2D eigenvalue weighted by Crippen LogP contribution is 2.40. The first-order valence-electron chi connectivity index (χ1n) is 8.81. The number of nitrogens with zero attached hydrogens (tertiary/aromatic N) is 2. The van der Waals surface area contributed by atoms with Crippen molar-refractivity contribution in [2.45, 2.75) is 26.2 Å². The SMILES string of the molecule is COc1cc(C2CC(=O)Nc3c2cnn3-c2cccc(C)c2C)ccc1O. The molecular formula is C21H21N3O3. The Morgan fingerprint density at radius 2 is 2.07 bits per heavy atom. The summed E-state index contributed by atoms with van der Waals surface area (Å²) in [7, 11) is 1.51. The van der Waals surface area contributed by atoms with E-state index < -0.39 is 0 Å². The zero-order valence-electron chi connectivity index (χ0n) is 15.5. The lowest BCUT2D eigenvalue weighted by Crippen LogP contribution is -2.24. The number of fused-ring (bicyclic) bond motifs is 1. The second-order valence-corrected chi connectivity index (χ2v) is 6.82. The number of phenolic OH excluding ortho intramolecular Hbond substituents is 1. The molecule has 2 heterocycles. The van der Waals surface area contributed by atoms with Crippen LogP contribution in [-0.2, 0) is 4.79 Å². The van der Waals surface area contributed by atoms with E-state index in [0.717, 1.165) is 22.4 Å². The van der Waals surface area contributed by atoms with Gasteiger partial charge in [-0.1, -0.05) is 18.2 Å². The lowest BCUT2D eigenvalue weighted by atomic mass is 9.87. The Kier molecular flexibility index (Phi) is 4.11. The van der Waals surface area contributed by atoms with Crippen molar-refractivity contribution in [2.75, 3.05) is 12.4 Å². The van der Waals surface area contributed by atoms with Gasteiger partial charge >= 0.3 is 0 Å². The van der Waals surface area contributed by atoms with Crippen LogP contribution in [0.15, 0.2) is 42.6 Å². The zero-order valence-corrected chi connectivity index (χ0v) is 15.5. The third-order valence-corrected chi connectivity index (χ3v) is 5.23. The van der Waals surface area contributed by atoms with E-state index in [2.05, 4.69) is 23.4 Å². The number of rotatable bonds is 3. The van der Waals surface area contributed by atoms with Crippen molar-refractivity contribution >= 4 is 11.7 Å². The molecule has 1 amide bonds. The van der Waals surface area contributed by atoms with Gasteiger partial charge in [-0.3, -0.25) is 4.79 Å². The van der Waals surface area contributed by atoms with Crippen molar-refractivity contribution in [3.05, 3.63) is 64.8 Å². The van der Waals surface area contributed by atoms with Crippen LogP contribution in [0.3, 0.4) is 0 Å². The number of carbonyl (C=O) groups is 1. The number of phenols is 1. The summed E-state index contributed by atoms with van der Waals surface area (Å²) in [5, 5.41) is 17.4. The predicted molar refractivity (Wildman–Crippen MR) is 103 cm³/mol. The maximum absolute atomic E-state index is 12.4. The number of aryl methyl sites for hydroxylation is 1. The van der Waals surface area contributed by atoms with Crippen molar-refractivity contribution in [2.24, 2.45) is 0 Å². The average Bonchev–Trinajstić information content (AvgIpc) is 3.07. The Labute approximate surface area is 157 Å². The van der Waals surface area contributed by atoms with Crippen molar-refractivity contribution in [3.8, 4) is 17.2 Å². The number of hydrogen-bond acceptors (Lipinski definition) is 4. The van der Waals surface area contributed by atoms with E-state index in [1.54, 1.807) is 23.0 Å². The summed E-state index contributed by atoms with van der Waals surface area (Å²) in [5.74, 6) is 0.945. The third-order valence-electron chi connectivity index (χ3n) is 5.23. The number of aromatic nitrogens is 2. The van der Waals surface area contributed by atoms with Gasteiger partial charge in [-0.25, -0.2) is 4.68 Å². The van der Waals surface area contributed by atoms with Crippen LogP contribution < -0.4 is 10.1 Å².